The average molecular weight is 386 g/mol. The Morgan fingerprint density at radius 3 is 2.56 bits per heavy atom. The predicted molar refractivity (Wildman–Crippen MR) is 99.0 cm³/mol. The molecule has 0 aromatic heterocycles. The first kappa shape index (κ1) is 18.7. The van der Waals surface area contributed by atoms with Gasteiger partial charge in [-0.25, -0.2) is 4.39 Å². The summed E-state index contributed by atoms with van der Waals surface area (Å²) in [7, 11) is 0. The van der Waals surface area contributed by atoms with Crippen molar-refractivity contribution in [1.29, 1.82) is 0 Å². The van der Waals surface area contributed by atoms with Crippen LogP contribution in [-0.4, -0.2) is 28.6 Å². The van der Waals surface area contributed by atoms with Crippen molar-refractivity contribution in [2.45, 2.75) is 6.54 Å². The van der Waals surface area contributed by atoms with Gasteiger partial charge in [0.15, 0.2) is 6.61 Å². The van der Waals surface area contributed by atoms with Gasteiger partial charge in [0.2, 0.25) is 0 Å². The van der Waals surface area contributed by atoms with Crippen molar-refractivity contribution in [3.8, 4) is 5.75 Å². The van der Waals surface area contributed by atoms with Gasteiger partial charge < -0.3 is 10.5 Å². The number of ether oxygens (including phenoxy) is 1. The Morgan fingerprint density at radius 1 is 1.15 bits per heavy atom. The van der Waals surface area contributed by atoms with Crippen molar-refractivity contribution in [2.75, 3.05) is 6.61 Å². The Hall–Kier alpha value is -3.13. The molecule has 2 aromatic carbocycles. The van der Waals surface area contributed by atoms with Crippen LogP contribution in [-0.2, 0) is 16.1 Å². The van der Waals surface area contributed by atoms with E-state index in [2.05, 4.69) is 0 Å². The number of carbonyl (C=O) groups excluding carboxylic acids is 3. The van der Waals surface area contributed by atoms with Crippen LogP contribution >= 0.6 is 11.8 Å². The number of hydrogen-bond acceptors (Lipinski definition) is 5. The molecule has 8 heteroatoms. The lowest BCUT2D eigenvalue weighted by Crippen LogP contribution is -2.27. The lowest BCUT2D eigenvalue weighted by molar-refractivity contribution is -0.123. The number of amides is 3. The summed E-state index contributed by atoms with van der Waals surface area (Å²) in [6.07, 6.45) is 1.53. The van der Waals surface area contributed by atoms with Crippen LogP contribution in [0.1, 0.15) is 11.1 Å². The molecule has 6 nitrogen and oxygen atoms in total. The molecule has 0 unspecified atom stereocenters. The van der Waals surface area contributed by atoms with Crippen molar-refractivity contribution in [2.24, 2.45) is 5.73 Å². The number of primary amides is 1. The van der Waals surface area contributed by atoms with Crippen LogP contribution in [0.5, 0.6) is 5.75 Å². The highest BCUT2D eigenvalue weighted by atomic mass is 32.2. The molecule has 1 aliphatic rings. The van der Waals surface area contributed by atoms with E-state index in [9.17, 15) is 18.8 Å². The van der Waals surface area contributed by atoms with E-state index >= 15 is 0 Å². The molecule has 1 saturated heterocycles. The number of hydrogen-bond donors (Lipinski definition) is 1. The fraction of sp³-hybridized carbons (Fsp3) is 0.105. The Morgan fingerprint density at radius 2 is 1.85 bits per heavy atom. The molecule has 138 valence electrons. The third kappa shape index (κ3) is 4.53. The van der Waals surface area contributed by atoms with E-state index in [1.54, 1.807) is 24.3 Å². The van der Waals surface area contributed by atoms with E-state index in [4.69, 9.17) is 10.5 Å². The van der Waals surface area contributed by atoms with Crippen LogP contribution in [0.2, 0.25) is 0 Å². The van der Waals surface area contributed by atoms with Gasteiger partial charge in [0.1, 0.15) is 11.6 Å². The van der Waals surface area contributed by atoms with Crippen LogP contribution in [0.25, 0.3) is 6.08 Å². The Labute approximate surface area is 158 Å². The molecule has 1 aliphatic heterocycles. The first-order chi connectivity index (χ1) is 12.9. The molecule has 0 atom stereocenters. The van der Waals surface area contributed by atoms with E-state index in [1.165, 1.54) is 30.3 Å². The van der Waals surface area contributed by atoms with E-state index in [1.807, 2.05) is 0 Å². The average Bonchev–Trinajstić information content (AvgIpc) is 2.90. The molecular formula is C19H15FN2O4S. The molecule has 27 heavy (non-hydrogen) atoms. The molecule has 0 radical (unpaired) electrons. The molecule has 3 rings (SSSR count). The standard InChI is InChI=1S/C19H15FN2O4S/c20-14-7-5-12(6-8-14)10-22-18(24)16(27-19(22)25)9-13-3-1-2-4-15(13)26-11-17(21)23/h1-9H,10-11H2,(H2,21,23)/b16-9+. The maximum absolute atomic E-state index is 13.0. The third-order valence-corrected chi connectivity index (χ3v) is 4.61. The Kier molecular flexibility index (Phi) is 5.56. The van der Waals surface area contributed by atoms with Crippen LogP contribution < -0.4 is 10.5 Å². The molecule has 0 aliphatic carbocycles. The lowest BCUT2D eigenvalue weighted by atomic mass is 10.1. The quantitative estimate of drug-likeness (QED) is 0.771. The first-order valence-corrected chi connectivity index (χ1v) is 8.75. The summed E-state index contributed by atoms with van der Waals surface area (Å²) in [6.45, 7) is -0.237. The zero-order chi connectivity index (χ0) is 19.4. The number of thioether (sulfide) groups is 1. The SMILES string of the molecule is NC(=O)COc1ccccc1/C=C1/SC(=O)N(Cc2ccc(F)cc2)C1=O. The zero-order valence-electron chi connectivity index (χ0n) is 14.1. The number of nitrogens with zero attached hydrogens (tertiary/aromatic N) is 1. The van der Waals surface area contributed by atoms with Gasteiger partial charge >= 0.3 is 0 Å². The van der Waals surface area contributed by atoms with E-state index in [0.717, 1.165) is 16.7 Å². The number of rotatable bonds is 6. The number of imide groups is 1. The van der Waals surface area contributed by atoms with Gasteiger partial charge in [-0.3, -0.25) is 19.3 Å². The number of para-hydroxylation sites is 1. The Bertz CT molecular complexity index is 928. The maximum Gasteiger partial charge on any atom is 0.293 e. The van der Waals surface area contributed by atoms with Crippen LogP contribution in [0.4, 0.5) is 9.18 Å². The third-order valence-electron chi connectivity index (χ3n) is 3.70. The molecule has 2 aromatic rings. The smallest absolute Gasteiger partial charge is 0.293 e. The van der Waals surface area contributed by atoms with Crippen LogP contribution in [0.15, 0.2) is 53.4 Å². The monoisotopic (exact) mass is 386 g/mol. The van der Waals surface area contributed by atoms with Crippen molar-refractivity contribution >= 4 is 34.9 Å². The van der Waals surface area contributed by atoms with Crippen molar-refractivity contribution in [3.63, 3.8) is 0 Å². The summed E-state index contributed by atoms with van der Waals surface area (Å²) in [6, 6.07) is 12.4. The highest BCUT2D eigenvalue weighted by Gasteiger charge is 2.35. The Balaban J connectivity index is 1.80. The zero-order valence-corrected chi connectivity index (χ0v) is 14.9. The largest absolute Gasteiger partial charge is 0.483 e. The highest BCUT2D eigenvalue weighted by Crippen LogP contribution is 2.34. The van der Waals surface area contributed by atoms with Crippen LogP contribution in [0, 0.1) is 5.82 Å². The van der Waals surface area contributed by atoms with Crippen molar-refractivity contribution in [1.82, 2.24) is 4.90 Å². The lowest BCUT2D eigenvalue weighted by Gasteiger charge is -2.12. The van der Waals surface area contributed by atoms with Gasteiger partial charge in [-0.15, -0.1) is 0 Å². The van der Waals surface area contributed by atoms with Gasteiger partial charge in [-0.1, -0.05) is 30.3 Å². The number of nitrogens with two attached hydrogens (primary N) is 1. The summed E-state index contributed by atoms with van der Waals surface area (Å²) >= 11 is 0.809. The van der Waals surface area contributed by atoms with E-state index in [-0.39, 0.29) is 23.9 Å². The van der Waals surface area contributed by atoms with Gasteiger partial charge in [0, 0.05) is 5.56 Å². The molecule has 3 amide bonds. The summed E-state index contributed by atoms with van der Waals surface area (Å²) in [4.78, 5) is 37.1. The van der Waals surface area contributed by atoms with Crippen molar-refractivity contribution in [3.05, 3.63) is 70.4 Å². The van der Waals surface area contributed by atoms with E-state index in [0.29, 0.717) is 16.9 Å². The predicted octanol–water partition coefficient (Wildman–Crippen LogP) is 2.93. The molecule has 0 bridgehead atoms. The highest BCUT2D eigenvalue weighted by molar-refractivity contribution is 8.18. The van der Waals surface area contributed by atoms with Gasteiger partial charge in [0.05, 0.1) is 11.4 Å². The molecular weight excluding hydrogens is 371 g/mol. The summed E-state index contributed by atoms with van der Waals surface area (Å²) in [5, 5.41) is -0.411. The van der Waals surface area contributed by atoms with Gasteiger partial charge in [0.25, 0.3) is 17.1 Å². The summed E-state index contributed by atoms with van der Waals surface area (Å²) in [5.41, 5.74) is 6.27. The minimum atomic E-state index is -0.621. The minimum absolute atomic E-state index is 0.0576. The first-order valence-electron chi connectivity index (χ1n) is 7.94. The minimum Gasteiger partial charge on any atom is -0.483 e. The van der Waals surface area contributed by atoms with E-state index < -0.39 is 17.1 Å². The van der Waals surface area contributed by atoms with Crippen LogP contribution in [0.3, 0.4) is 0 Å². The second-order valence-electron chi connectivity index (χ2n) is 5.69. The van der Waals surface area contributed by atoms with Crippen molar-refractivity contribution < 1.29 is 23.5 Å². The molecule has 1 fully saturated rings. The second kappa shape index (κ2) is 8.05. The molecule has 0 saturated carbocycles. The fourth-order valence-corrected chi connectivity index (χ4v) is 3.26. The number of halogens is 1. The number of benzene rings is 2. The normalized spacial score (nSPS) is 15.4. The second-order valence-corrected chi connectivity index (χ2v) is 6.68. The van der Waals surface area contributed by atoms with Gasteiger partial charge in [-0.05, 0) is 41.6 Å². The topological polar surface area (TPSA) is 89.7 Å². The van der Waals surface area contributed by atoms with Gasteiger partial charge in [-0.2, -0.15) is 0 Å². The number of carbonyl (C=O) groups is 3. The summed E-state index contributed by atoms with van der Waals surface area (Å²) in [5.74, 6) is -1.08. The molecule has 0 spiro atoms. The summed E-state index contributed by atoms with van der Waals surface area (Å²) < 4.78 is 18.3. The molecule has 2 N–H and O–H groups in total. The fourth-order valence-electron chi connectivity index (χ4n) is 2.43. The molecule has 1 heterocycles. The maximum atomic E-state index is 13.0.